The number of nitrogens with one attached hydrogen (secondary N) is 1. The van der Waals surface area contributed by atoms with Gasteiger partial charge in [-0.3, -0.25) is 4.79 Å². The Morgan fingerprint density at radius 3 is 2.68 bits per heavy atom. The Hall–Kier alpha value is -1.75. The predicted molar refractivity (Wildman–Crippen MR) is 87.9 cm³/mol. The van der Waals surface area contributed by atoms with E-state index in [0.717, 1.165) is 29.1 Å². The molecule has 1 amide bonds. The van der Waals surface area contributed by atoms with E-state index >= 15 is 0 Å². The molecule has 0 saturated carbocycles. The molecule has 1 aromatic heterocycles. The Balaban J connectivity index is 2.07. The molecule has 22 heavy (non-hydrogen) atoms. The summed E-state index contributed by atoms with van der Waals surface area (Å²) in [7, 11) is 0. The second-order valence-electron chi connectivity index (χ2n) is 5.49. The van der Waals surface area contributed by atoms with Crippen molar-refractivity contribution in [3.05, 3.63) is 51.2 Å². The molecule has 1 heterocycles. The van der Waals surface area contributed by atoms with Crippen LogP contribution in [0.25, 0.3) is 0 Å². The van der Waals surface area contributed by atoms with Crippen molar-refractivity contribution in [2.45, 2.75) is 46.1 Å². The van der Waals surface area contributed by atoms with Gasteiger partial charge in [0.25, 0.3) is 5.91 Å². The van der Waals surface area contributed by atoms with Gasteiger partial charge in [-0.15, -0.1) is 11.3 Å². The van der Waals surface area contributed by atoms with Gasteiger partial charge in [0.1, 0.15) is 10.7 Å². The molecule has 0 aliphatic heterocycles. The molecular formula is C17H21FN2OS. The van der Waals surface area contributed by atoms with Gasteiger partial charge in [-0.25, -0.2) is 9.37 Å². The highest BCUT2D eigenvalue weighted by Crippen LogP contribution is 2.21. The van der Waals surface area contributed by atoms with Crippen LogP contribution in [0.2, 0.25) is 0 Å². The summed E-state index contributed by atoms with van der Waals surface area (Å²) < 4.78 is 12.9. The number of amides is 1. The van der Waals surface area contributed by atoms with E-state index < -0.39 is 0 Å². The second kappa shape index (κ2) is 7.49. The van der Waals surface area contributed by atoms with Crippen LogP contribution in [0.4, 0.5) is 4.39 Å². The zero-order valence-corrected chi connectivity index (χ0v) is 14.0. The van der Waals surface area contributed by atoms with Crippen LogP contribution in [0.5, 0.6) is 0 Å². The van der Waals surface area contributed by atoms with E-state index in [-0.39, 0.29) is 17.8 Å². The van der Waals surface area contributed by atoms with E-state index in [4.69, 9.17) is 0 Å². The fraction of sp³-hybridized carbons (Fsp3) is 0.412. The molecular weight excluding hydrogens is 299 g/mol. The Labute approximate surface area is 134 Å². The number of rotatable bonds is 6. The van der Waals surface area contributed by atoms with Crippen LogP contribution in [0.15, 0.2) is 24.3 Å². The average molecular weight is 320 g/mol. The van der Waals surface area contributed by atoms with Crippen molar-refractivity contribution in [1.29, 1.82) is 0 Å². The van der Waals surface area contributed by atoms with Gasteiger partial charge in [0.2, 0.25) is 0 Å². The third kappa shape index (κ3) is 4.37. The number of nitrogens with zero attached hydrogens (tertiary/aromatic N) is 1. The minimum Gasteiger partial charge on any atom is -0.349 e. The molecule has 1 unspecified atom stereocenters. The molecule has 0 spiro atoms. The smallest absolute Gasteiger partial charge is 0.263 e. The van der Waals surface area contributed by atoms with Gasteiger partial charge < -0.3 is 5.32 Å². The van der Waals surface area contributed by atoms with E-state index in [1.165, 1.54) is 23.5 Å². The minimum atomic E-state index is -0.246. The third-order valence-electron chi connectivity index (χ3n) is 3.41. The van der Waals surface area contributed by atoms with Crippen molar-refractivity contribution in [3.8, 4) is 0 Å². The molecule has 0 fully saturated rings. The van der Waals surface area contributed by atoms with Gasteiger partial charge in [0.15, 0.2) is 0 Å². The van der Waals surface area contributed by atoms with Gasteiger partial charge in [0, 0.05) is 12.5 Å². The van der Waals surface area contributed by atoms with E-state index in [1.54, 1.807) is 12.1 Å². The number of halogens is 1. The average Bonchev–Trinajstić information content (AvgIpc) is 2.82. The molecule has 0 bridgehead atoms. The van der Waals surface area contributed by atoms with Crippen LogP contribution in [-0.4, -0.2) is 16.9 Å². The van der Waals surface area contributed by atoms with Crippen molar-refractivity contribution < 1.29 is 9.18 Å². The van der Waals surface area contributed by atoms with Crippen LogP contribution >= 0.6 is 11.3 Å². The lowest BCUT2D eigenvalue weighted by Gasteiger charge is -2.11. The second-order valence-corrected chi connectivity index (χ2v) is 6.57. The molecule has 0 aliphatic carbocycles. The number of carbonyl (C=O) groups excluding carboxylic acids is 1. The molecule has 5 heteroatoms. The molecule has 1 aromatic carbocycles. The van der Waals surface area contributed by atoms with E-state index in [9.17, 15) is 9.18 Å². The molecule has 0 saturated heterocycles. The maximum absolute atomic E-state index is 12.9. The summed E-state index contributed by atoms with van der Waals surface area (Å²) in [5, 5.41) is 3.88. The number of aryl methyl sites for hydroxylation is 1. The third-order valence-corrected chi connectivity index (χ3v) is 4.57. The summed E-state index contributed by atoms with van der Waals surface area (Å²) in [5.74, 6) is -0.301. The Bertz CT molecular complexity index is 637. The van der Waals surface area contributed by atoms with Crippen molar-refractivity contribution in [1.82, 2.24) is 10.3 Å². The Morgan fingerprint density at radius 1 is 1.36 bits per heavy atom. The van der Waals surface area contributed by atoms with Crippen LogP contribution in [0.3, 0.4) is 0 Å². The summed E-state index contributed by atoms with van der Waals surface area (Å²) in [6.45, 7) is 5.96. The van der Waals surface area contributed by atoms with Crippen molar-refractivity contribution >= 4 is 17.2 Å². The zero-order valence-electron chi connectivity index (χ0n) is 13.1. The van der Waals surface area contributed by atoms with Crippen LogP contribution in [-0.2, 0) is 6.42 Å². The molecule has 0 radical (unpaired) electrons. The maximum atomic E-state index is 12.9. The van der Waals surface area contributed by atoms with Crippen molar-refractivity contribution in [2.75, 3.05) is 0 Å². The Morgan fingerprint density at radius 2 is 2.05 bits per heavy atom. The molecule has 0 aliphatic rings. The highest BCUT2D eigenvalue weighted by atomic mass is 32.1. The largest absolute Gasteiger partial charge is 0.349 e. The van der Waals surface area contributed by atoms with E-state index in [2.05, 4.69) is 17.2 Å². The first-order valence-electron chi connectivity index (χ1n) is 7.51. The zero-order chi connectivity index (χ0) is 16.1. The van der Waals surface area contributed by atoms with Gasteiger partial charge in [0.05, 0.1) is 10.7 Å². The number of hydrogen-bond donors (Lipinski definition) is 1. The molecule has 3 nitrogen and oxygen atoms in total. The van der Waals surface area contributed by atoms with E-state index in [1.807, 2.05) is 13.8 Å². The summed E-state index contributed by atoms with van der Waals surface area (Å²) >= 11 is 1.41. The quantitative estimate of drug-likeness (QED) is 0.870. The predicted octanol–water partition coefficient (Wildman–Crippen LogP) is 4.10. The lowest BCUT2D eigenvalue weighted by Crippen LogP contribution is -2.32. The Kier molecular flexibility index (Phi) is 5.66. The highest BCUT2D eigenvalue weighted by molar-refractivity contribution is 7.13. The normalized spacial score (nSPS) is 12.2. The van der Waals surface area contributed by atoms with Crippen molar-refractivity contribution in [3.63, 3.8) is 0 Å². The number of carbonyl (C=O) groups is 1. The first kappa shape index (κ1) is 16.6. The summed E-state index contributed by atoms with van der Waals surface area (Å²) in [4.78, 5) is 17.4. The first-order chi connectivity index (χ1) is 10.5. The van der Waals surface area contributed by atoms with Crippen LogP contribution in [0.1, 0.15) is 52.6 Å². The van der Waals surface area contributed by atoms with Gasteiger partial charge in [-0.1, -0.05) is 25.5 Å². The monoisotopic (exact) mass is 320 g/mol. The number of aromatic nitrogens is 1. The standard InChI is InChI=1S/C17H21FN2OS/c1-4-5-11(2)19-17(21)16-12(3)20-15(22-16)10-13-6-8-14(18)9-7-13/h6-9,11H,4-5,10H2,1-3H3,(H,19,21). The van der Waals surface area contributed by atoms with Gasteiger partial charge in [-0.05, 0) is 38.0 Å². The fourth-order valence-electron chi connectivity index (χ4n) is 2.31. The lowest BCUT2D eigenvalue weighted by molar-refractivity contribution is 0.0941. The summed E-state index contributed by atoms with van der Waals surface area (Å²) in [6, 6.07) is 6.54. The molecule has 118 valence electrons. The fourth-order valence-corrected chi connectivity index (χ4v) is 3.31. The molecule has 2 aromatic rings. The minimum absolute atomic E-state index is 0.0543. The molecule has 1 atom stereocenters. The topological polar surface area (TPSA) is 42.0 Å². The number of hydrogen-bond acceptors (Lipinski definition) is 3. The summed E-state index contributed by atoms with van der Waals surface area (Å²) in [5.41, 5.74) is 1.74. The first-order valence-corrected chi connectivity index (χ1v) is 8.32. The number of thiazole rings is 1. The van der Waals surface area contributed by atoms with Gasteiger partial charge in [-0.2, -0.15) is 0 Å². The van der Waals surface area contributed by atoms with Gasteiger partial charge >= 0.3 is 0 Å². The van der Waals surface area contributed by atoms with Crippen LogP contribution < -0.4 is 5.32 Å². The van der Waals surface area contributed by atoms with Crippen LogP contribution in [0, 0.1) is 12.7 Å². The number of benzene rings is 1. The van der Waals surface area contributed by atoms with Crippen molar-refractivity contribution in [2.24, 2.45) is 0 Å². The van der Waals surface area contributed by atoms with E-state index in [0.29, 0.717) is 11.3 Å². The molecule has 1 N–H and O–H groups in total. The highest BCUT2D eigenvalue weighted by Gasteiger charge is 2.17. The summed E-state index contributed by atoms with van der Waals surface area (Å²) in [6.07, 6.45) is 2.62. The lowest BCUT2D eigenvalue weighted by atomic mass is 10.1. The maximum Gasteiger partial charge on any atom is 0.263 e. The SMILES string of the molecule is CCCC(C)NC(=O)c1sc(Cc2ccc(F)cc2)nc1C. The molecule has 2 rings (SSSR count).